The summed E-state index contributed by atoms with van der Waals surface area (Å²) in [5.74, 6) is 0.650. The number of ether oxygens (including phenoxy) is 1. The van der Waals surface area contributed by atoms with E-state index in [4.69, 9.17) is 4.74 Å². The van der Waals surface area contributed by atoms with Gasteiger partial charge in [0, 0.05) is 25.0 Å². The molecule has 2 fully saturated rings. The highest BCUT2D eigenvalue weighted by atomic mass is 16.5. The highest BCUT2D eigenvalue weighted by Crippen LogP contribution is 2.20. The number of anilines is 1. The van der Waals surface area contributed by atoms with Crippen LogP contribution in [0.25, 0.3) is 0 Å². The van der Waals surface area contributed by atoms with E-state index >= 15 is 0 Å². The maximum atomic E-state index is 12.0. The van der Waals surface area contributed by atoms with Crippen LogP contribution in [0.3, 0.4) is 0 Å². The molecular formula is C13H18N4O2. The lowest BCUT2D eigenvalue weighted by molar-refractivity contribution is -0.133. The van der Waals surface area contributed by atoms with Crippen molar-refractivity contribution in [2.24, 2.45) is 0 Å². The Morgan fingerprint density at radius 1 is 1.42 bits per heavy atom. The van der Waals surface area contributed by atoms with E-state index in [9.17, 15) is 4.79 Å². The molecule has 6 heteroatoms. The van der Waals surface area contributed by atoms with Crippen molar-refractivity contribution >= 4 is 11.9 Å². The third kappa shape index (κ3) is 3.01. The smallest absolute Gasteiger partial charge is 0.251 e. The summed E-state index contributed by atoms with van der Waals surface area (Å²) >= 11 is 0. The Balaban J connectivity index is 1.63. The van der Waals surface area contributed by atoms with Gasteiger partial charge in [0.2, 0.25) is 5.95 Å². The van der Waals surface area contributed by atoms with E-state index in [1.54, 1.807) is 12.4 Å². The number of hydrogen-bond donors (Lipinski definition) is 1. The van der Waals surface area contributed by atoms with Crippen LogP contribution in [0, 0.1) is 6.92 Å². The Morgan fingerprint density at radius 2 is 2.16 bits per heavy atom. The minimum Gasteiger partial charge on any atom is -0.365 e. The van der Waals surface area contributed by atoms with Gasteiger partial charge in [-0.2, -0.15) is 0 Å². The van der Waals surface area contributed by atoms with Crippen molar-refractivity contribution in [3.63, 3.8) is 0 Å². The molecule has 0 bridgehead atoms. The fourth-order valence-corrected chi connectivity index (χ4v) is 2.06. The van der Waals surface area contributed by atoms with Crippen LogP contribution in [-0.2, 0) is 9.53 Å². The maximum absolute atomic E-state index is 12.0. The van der Waals surface area contributed by atoms with Gasteiger partial charge in [0.25, 0.3) is 5.91 Å². The first-order valence-electron chi connectivity index (χ1n) is 6.68. The molecule has 1 unspecified atom stereocenters. The molecule has 2 heterocycles. The van der Waals surface area contributed by atoms with Crippen LogP contribution in [0.2, 0.25) is 0 Å². The van der Waals surface area contributed by atoms with Gasteiger partial charge in [0.05, 0.1) is 13.2 Å². The second-order valence-electron chi connectivity index (χ2n) is 5.15. The van der Waals surface area contributed by atoms with Gasteiger partial charge in [-0.1, -0.05) is 0 Å². The van der Waals surface area contributed by atoms with Gasteiger partial charge in [-0.05, 0) is 25.3 Å². The molecule has 1 aliphatic heterocycles. The largest absolute Gasteiger partial charge is 0.365 e. The molecule has 0 spiro atoms. The highest BCUT2D eigenvalue weighted by molar-refractivity contribution is 5.82. The van der Waals surface area contributed by atoms with Crippen molar-refractivity contribution in [2.75, 3.05) is 24.6 Å². The number of amides is 1. The van der Waals surface area contributed by atoms with Crippen LogP contribution < -0.4 is 10.2 Å². The zero-order chi connectivity index (χ0) is 13.2. The topological polar surface area (TPSA) is 67.4 Å². The second-order valence-corrected chi connectivity index (χ2v) is 5.15. The van der Waals surface area contributed by atoms with Crippen LogP contribution in [0.5, 0.6) is 0 Å². The molecule has 1 N–H and O–H groups in total. The van der Waals surface area contributed by atoms with Crippen molar-refractivity contribution < 1.29 is 9.53 Å². The fraction of sp³-hybridized carbons (Fsp3) is 0.615. The zero-order valence-electron chi connectivity index (χ0n) is 11.0. The van der Waals surface area contributed by atoms with Gasteiger partial charge >= 0.3 is 0 Å². The molecule has 1 aliphatic carbocycles. The van der Waals surface area contributed by atoms with E-state index in [1.165, 1.54) is 0 Å². The number of morpholine rings is 1. The summed E-state index contributed by atoms with van der Waals surface area (Å²) < 4.78 is 5.53. The number of rotatable bonds is 3. The molecule has 1 aromatic heterocycles. The normalized spacial score (nSPS) is 23.2. The highest BCUT2D eigenvalue weighted by Gasteiger charge is 2.31. The van der Waals surface area contributed by atoms with Gasteiger partial charge < -0.3 is 15.0 Å². The Morgan fingerprint density at radius 3 is 2.84 bits per heavy atom. The third-order valence-electron chi connectivity index (χ3n) is 3.33. The number of nitrogens with one attached hydrogen (secondary N) is 1. The standard InChI is InChI=1S/C13H18N4O2/c1-9-6-14-13(15-7-9)17-4-5-19-11(8-17)12(18)16-10-2-3-10/h6-7,10-11H,2-5,8H2,1H3,(H,16,18). The number of nitrogens with zero attached hydrogens (tertiary/aromatic N) is 3. The number of aryl methyl sites for hydroxylation is 1. The van der Waals surface area contributed by atoms with E-state index in [0.29, 0.717) is 25.1 Å². The van der Waals surface area contributed by atoms with Gasteiger partial charge in [-0.25, -0.2) is 9.97 Å². The first-order valence-corrected chi connectivity index (χ1v) is 6.68. The third-order valence-corrected chi connectivity index (χ3v) is 3.33. The Kier molecular flexibility index (Phi) is 3.33. The van der Waals surface area contributed by atoms with E-state index in [2.05, 4.69) is 15.3 Å². The molecule has 3 rings (SSSR count). The molecule has 1 amide bonds. The Bertz CT molecular complexity index is 458. The SMILES string of the molecule is Cc1cnc(N2CCOC(C(=O)NC3CC3)C2)nc1. The van der Waals surface area contributed by atoms with Gasteiger partial charge in [-0.15, -0.1) is 0 Å². The number of aromatic nitrogens is 2. The average molecular weight is 262 g/mol. The van der Waals surface area contributed by atoms with Crippen molar-refractivity contribution in [1.29, 1.82) is 0 Å². The number of carbonyl (C=O) groups is 1. The van der Waals surface area contributed by atoms with Gasteiger partial charge in [-0.3, -0.25) is 4.79 Å². The van der Waals surface area contributed by atoms with Gasteiger partial charge in [0.15, 0.2) is 6.10 Å². The lowest BCUT2D eigenvalue weighted by atomic mass is 10.2. The van der Waals surface area contributed by atoms with Crippen molar-refractivity contribution in [1.82, 2.24) is 15.3 Å². The lowest BCUT2D eigenvalue weighted by Crippen LogP contribution is -2.50. The summed E-state index contributed by atoms with van der Waals surface area (Å²) in [4.78, 5) is 22.6. The fourth-order valence-electron chi connectivity index (χ4n) is 2.06. The Labute approximate surface area is 112 Å². The second kappa shape index (κ2) is 5.13. The van der Waals surface area contributed by atoms with Gasteiger partial charge in [0.1, 0.15) is 0 Å². The predicted octanol–water partition coefficient (Wildman–Crippen LogP) is 0.269. The molecule has 0 aromatic carbocycles. The zero-order valence-corrected chi connectivity index (χ0v) is 11.0. The quantitative estimate of drug-likeness (QED) is 0.847. The molecule has 6 nitrogen and oxygen atoms in total. The van der Waals surface area contributed by atoms with E-state index < -0.39 is 6.10 Å². The van der Waals surface area contributed by atoms with Crippen molar-refractivity contribution in [3.8, 4) is 0 Å². The minimum atomic E-state index is -0.417. The van der Waals surface area contributed by atoms with Crippen LogP contribution in [-0.4, -0.2) is 47.7 Å². The average Bonchev–Trinajstić information content (AvgIpc) is 3.24. The van der Waals surface area contributed by atoms with Crippen molar-refractivity contribution in [3.05, 3.63) is 18.0 Å². The first kappa shape index (κ1) is 12.3. The molecule has 1 atom stereocenters. The number of carbonyl (C=O) groups excluding carboxylic acids is 1. The Hall–Kier alpha value is -1.69. The van der Waals surface area contributed by atoms with Crippen LogP contribution >= 0.6 is 0 Å². The molecular weight excluding hydrogens is 244 g/mol. The van der Waals surface area contributed by atoms with Crippen LogP contribution in [0.1, 0.15) is 18.4 Å². The summed E-state index contributed by atoms with van der Waals surface area (Å²) in [6, 6.07) is 0.363. The summed E-state index contributed by atoms with van der Waals surface area (Å²) in [5.41, 5.74) is 1.03. The van der Waals surface area contributed by atoms with E-state index in [1.807, 2.05) is 11.8 Å². The van der Waals surface area contributed by atoms with E-state index in [0.717, 1.165) is 24.9 Å². The summed E-state index contributed by atoms with van der Waals surface area (Å²) in [7, 11) is 0. The van der Waals surface area contributed by atoms with Crippen LogP contribution in [0.15, 0.2) is 12.4 Å². The summed E-state index contributed by atoms with van der Waals surface area (Å²) in [6.45, 7) is 3.72. The van der Waals surface area contributed by atoms with Crippen molar-refractivity contribution in [2.45, 2.75) is 31.9 Å². The summed E-state index contributed by atoms with van der Waals surface area (Å²) in [6.07, 6.45) is 5.33. The molecule has 19 heavy (non-hydrogen) atoms. The number of hydrogen-bond acceptors (Lipinski definition) is 5. The predicted molar refractivity (Wildman–Crippen MR) is 69.9 cm³/mol. The molecule has 1 saturated carbocycles. The molecule has 102 valence electrons. The van der Waals surface area contributed by atoms with E-state index in [-0.39, 0.29) is 5.91 Å². The molecule has 1 saturated heterocycles. The maximum Gasteiger partial charge on any atom is 0.251 e. The monoisotopic (exact) mass is 262 g/mol. The lowest BCUT2D eigenvalue weighted by Gasteiger charge is -2.32. The minimum absolute atomic E-state index is 0.0145. The first-order chi connectivity index (χ1) is 9.22. The molecule has 2 aliphatic rings. The van der Waals surface area contributed by atoms with Crippen LogP contribution in [0.4, 0.5) is 5.95 Å². The molecule has 0 radical (unpaired) electrons. The summed E-state index contributed by atoms with van der Waals surface area (Å²) in [5, 5.41) is 2.97. The molecule has 1 aromatic rings.